The summed E-state index contributed by atoms with van der Waals surface area (Å²) in [5, 5.41) is 3.40. The lowest BCUT2D eigenvalue weighted by Crippen LogP contribution is -2.47. The summed E-state index contributed by atoms with van der Waals surface area (Å²) in [7, 11) is -3.79. The van der Waals surface area contributed by atoms with Crippen LogP contribution in [0.15, 0.2) is 42.5 Å². The number of hydrogen-bond donors (Lipinski definition) is 1. The molecule has 0 aliphatic rings. The highest BCUT2D eigenvalue weighted by atomic mass is 35.5. The van der Waals surface area contributed by atoms with Crippen molar-refractivity contribution in [2.75, 3.05) is 23.7 Å². The lowest BCUT2D eigenvalue weighted by Gasteiger charge is -2.30. The van der Waals surface area contributed by atoms with Crippen molar-refractivity contribution >= 4 is 50.7 Å². The van der Waals surface area contributed by atoms with Gasteiger partial charge in [0.15, 0.2) is 0 Å². The largest absolute Gasteiger partial charge is 0.355 e. The minimum atomic E-state index is -3.79. The maximum absolute atomic E-state index is 14.2. The highest BCUT2D eigenvalue weighted by Gasteiger charge is 2.28. The van der Waals surface area contributed by atoms with Crippen LogP contribution >= 0.6 is 23.2 Å². The summed E-state index contributed by atoms with van der Waals surface area (Å²) in [6.07, 6.45) is 1.01. The number of anilines is 1. The summed E-state index contributed by atoms with van der Waals surface area (Å²) in [4.78, 5) is 27.0. The number of nitrogens with one attached hydrogen (secondary N) is 1. The second-order valence-corrected chi connectivity index (χ2v) is 10.4. The van der Waals surface area contributed by atoms with E-state index in [2.05, 4.69) is 5.32 Å². The Kier molecular flexibility index (Phi) is 10.1. The lowest BCUT2D eigenvalue weighted by atomic mass is 10.1. The number of para-hydroxylation sites is 1. The molecule has 0 saturated carbocycles. The van der Waals surface area contributed by atoms with E-state index < -0.39 is 27.8 Å². The number of hydrogen-bond acceptors (Lipinski definition) is 4. The van der Waals surface area contributed by atoms with Crippen LogP contribution in [0.3, 0.4) is 0 Å². The normalized spacial score (nSPS) is 12.2. The van der Waals surface area contributed by atoms with Crippen molar-refractivity contribution in [1.29, 1.82) is 0 Å². The van der Waals surface area contributed by atoms with Crippen molar-refractivity contribution in [2.24, 2.45) is 0 Å². The summed E-state index contributed by atoms with van der Waals surface area (Å²) in [5.74, 6) is -1.42. The van der Waals surface area contributed by atoms with Crippen molar-refractivity contribution in [3.8, 4) is 0 Å². The number of benzene rings is 2. The van der Waals surface area contributed by atoms with Gasteiger partial charge in [-0.25, -0.2) is 12.8 Å². The minimum Gasteiger partial charge on any atom is -0.355 e. The van der Waals surface area contributed by atoms with Crippen LogP contribution in [0.1, 0.15) is 32.3 Å². The Bertz CT molecular complexity index is 1110. The van der Waals surface area contributed by atoms with Gasteiger partial charge in [-0.1, -0.05) is 41.4 Å². The molecule has 0 spiro atoms. The smallest absolute Gasteiger partial charge is 0.242 e. The molecule has 2 aromatic rings. The van der Waals surface area contributed by atoms with E-state index in [1.807, 2.05) is 0 Å². The van der Waals surface area contributed by atoms with E-state index in [0.717, 1.165) is 10.6 Å². The molecule has 7 nitrogen and oxygen atoms in total. The van der Waals surface area contributed by atoms with Gasteiger partial charge >= 0.3 is 0 Å². The number of carbonyl (C=O) groups is 2. The summed E-state index contributed by atoms with van der Waals surface area (Å²) >= 11 is 12.5. The van der Waals surface area contributed by atoms with Gasteiger partial charge in [-0.3, -0.25) is 13.9 Å². The van der Waals surface area contributed by atoms with Crippen LogP contribution in [0.25, 0.3) is 0 Å². The van der Waals surface area contributed by atoms with Crippen LogP contribution in [0, 0.1) is 5.82 Å². The number of nitrogens with zero attached hydrogens (tertiary/aromatic N) is 2. The summed E-state index contributed by atoms with van der Waals surface area (Å²) < 4.78 is 39.7. The molecular formula is C23H28Cl2FN3O4S. The second-order valence-electron chi connectivity index (χ2n) is 7.68. The Morgan fingerprint density at radius 1 is 1.09 bits per heavy atom. The molecule has 0 unspecified atom stereocenters. The molecule has 0 fully saturated rings. The van der Waals surface area contributed by atoms with Crippen LogP contribution in [-0.2, 0) is 26.2 Å². The fourth-order valence-electron chi connectivity index (χ4n) is 3.39. The third kappa shape index (κ3) is 7.32. The van der Waals surface area contributed by atoms with E-state index in [-0.39, 0.29) is 37.5 Å². The number of rotatable bonds is 11. The van der Waals surface area contributed by atoms with Crippen LogP contribution < -0.4 is 9.62 Å². The number of amides is 2. The van der Waals surface area contributed by atoms with Crippen LogP contribution in [0.4, 0.5) is 10.1 Å². The van der Waals surface area contributed by atoms with Gasteiger partial charge in [0, 0.05) is 41.7 Å². The maximum atomic E-state index is 14.2. The van der Waals surface area contributed by atoms with Crippen molar-refractivity contribution in [1.82, 2.24) is 10.2 Å². The van der Waals surface area contributed by atoms with Gasteiger partial charge in [0.1, 0.15) is 11.9 Å². The molecule has 186 valence electrons. The monoisotopic (exact) mass is 531 g/mol. The van der Waals surface area contributed by atoms with Crippen molar-refractivity contribution in [3.63, 3.8) is 0 Å². The average molecular weight is 532 g/mol. The van der Waals surface area contributed by atoms with Gasteiger partial charge in [0.25, 0.3) is 0 Å². The van der Waals surface area contributed by atoms with E-state index >= 15 is 0 Å². The van der Waals surface area contributed by atoms with E-state index in [4.69, 9.17) is 23.2 Å². The first-order valence-electron chi connectivity index (χ1n) is 10.7. The summed E-state index contributed by atoms with van der Waals surface area (Å²) in [5.41, 5.74) is 0.410. The van der Waals surface area contributed by atoms with E-state index in [1.165, 1.54) is 29.2 Å². The lowest BCUT2D eigenvalue weighted by molar-refractivity contribution is -0.140. The fraction of sp³-hybridized carbons (Fsp3) is 0.391. The van der Waals surface area contributed by atoms with E-state index in [0.29, 0.717) is 22.2 Å². The molecular weight excluding hydrogens is 504 g/mol. The van der Waals surface area contributed by atoms with Gasteiger partial charge in [-0.15, -0.1) is 0 Å². The van der Waals surface area contributed by atoms with Crippen molar-refractivity contribution in [2.45, 2.75) is 39.3 Å². The third-order valence-electron chi connectivity index (χ3n) is 5.18. The average Bonchev–Trinajstić information content (AvgIpc) is 2.76. The molecule has 2 rings (SSSR count). The number of halogens is 3. The number of sulfonamides is 1. The fourth-order valence-corrected chi connectivity index (χ4v) is 4.88. The van der Waals surface area contributed by atoms with Gasteiger partial charge in [-0.05, 0) is 44.5 Å². The SMILES string of the molecule is CCNC(=O)[C@H](C)N(Cc1c(Cl)cccc1Cl)C(=O)CCCN(c1ccccc1F)S(C)(=O)=O. The standard InChI is InChI=1S/C23H28Cl2FN3O4S/c1-4-27-23(31)16(2)28(15-17-18(24)9-7-10-19(17)25)22(30)13-8-14-29(34(3,32)33)21-12-6-5-11-20(21)26/h5-7,9-12,16H,4,8,13-15H2,1-3H3,(H,27,31)/t16-/m0/s1. The molecule has 0 bridgehead atoms. The Balaban J connectivity index is 2.22. The second kappa shape index (κ2) is 12.4. The molecule has 0 saturated heterocycles. The minimum absolute atomic E-state index is 0.00124. The van der Waals surface area contributed by atoms with Crippen LogP contribution in [0.5, 0.6) is 0 Å². The number of likely N-dealkylation sites (N-methyl/N-ethyl adjacent to an activating group) is 1. The molecule has 2 aromatic carbocycles. The molecule has 0 aliphatic carbocycles. The highest BCUT2D eigenvalue weighted by Crippen LogP contribution is 2.27. The summed E-state index contributed by atoms with van der Waals surface area (Å²) in [6.45, 7) is 3.64. The van der Waals surface area contributed by atoms with E-state index in [9.17, 15) is 22.4 Å². The first-order valence-corrected chi connectivity index (χ1v) is 13.3. The first kappa shape index (κ1) is 27.9. The first-order chi connectivity index (χ1) is 16.0. The van der Waals surface area contributed by atoms with Gasteiger partial charge in [0.05, 0.1) is 11.9 Å². The molecule has 11 heteroatoms. The van der Waals surface area contributed by atoms with Crippen LogP contribution in [0.2, 0.25) is 10.0 Å². The number of carbonyl (C=O) groups excluding carboxylic acids is 2. The van der Waals surface area contributed by atoms with Crippen molar-refractivity contribution in [3.05, 3.63) is 63.9 Å². The zero-order valence-electron chi connectivity index (χ0n) is 19.2. The van der Waals surface area contributed by atoms with Gasteiger partial charge in [-0.2, -0.15) is 0 Å². The molecule has 2 amide bonds. The maximum Gasteiger partial charge on any atom is 0.242 e. The molecule has 0 radical (unpaired) electrons. The van der Waals surface area contributed by atoms with E-state index in [1.54, 1.807) is 32.0 Å². The van der Waals surface area contributed by atoms with Gasteiger partial charge in [0.2, 0.25) is 21.8 Å². The third-order valence-corrected chi connectivity index (χ3v) is 7.07. The zero-order chi connectivity index (χ0) is 25.5. The Labute approximate surface area is 209 Å². The van der Waals surface area contributed by atoms with Crippen molar-refractivity contribution < 1.29 is 22.4 Å². The Morgan fingerprint density at radius 2 is 1.71 bits per heavy atom. The van der Waals surface area contributed by atoms with Gasteiger partial charge < -0.3 is 10.2 Å². The van der Waals surface area contributed by atoms with Crippen LogP contribution in [-0.4, -0.2) is 50.5 Å². The topological polar surface area (TPSA) is 86.8 Å². The summed E-state index contributed by atoms with van der Waals surface area (Å²) in [6, 6.07) is 9.66. The quantitative estimate of drug-likeness (QED) is 0.469. The predicted molar refractivity (Wildman–Crippen MR) is 133 cm³/mol. The molecule has 0 aromatic heterocycles. The molecule has 34 heavy (non-hydrogen) atoms. The zero-order valence-corrected chi connectivity index (χ0v) is 21.6. The molecule has 0 heterocycles. The Morgan fingerprint density at radius 3 is 2.26 bits per heavy atom. The molecule has 1 atom stereocenters. The Hall–Kier alpha value is -2.36. The highest BCUT2D eigenvalue weighted by molar-refractivity contribution is 7.92. The predicted octanol–water partition coefficient (Wildman–Crippen LogP) is 4.23. The molecule has 0 aliphatic heterocycles. The molecule has 1 N–H and O–H groups in total.